The van der Waals surface area contributed by atoms with Crippen LogP contribution in [0.25, 0.3) is 0 Å². The molecule has 1 N–H and O–H groups in total. The Labute approximate surface area is 109 Å². The third-order valence-electron chi connectivity index (χ3n) is 3.75. The summed E-state index contributed by atoms with van der Waals surface area (Å²) >= 11 is 6.15. The molecule has 0 bridgehead atoms. The van der Waals surface area contributed by atoms with Crippen LogP contribution in [-0.2, 0) is 6.54 Å². The lowest BCUT2D eigenvalue weighted by Gasteiger charge is -2.35. The van der Waals surface area contributed by atoms with Crippen molar-refractivity contribution >= 4 is 11.6 Å². The van der Waals surface area contributed by atoms with Gasteiger partial charge in [0.25, 0.3) is 0 Å². The SMILES string of the molecule is CC1CC(NCc2ccccc2Cl)CCN1C. The standard InChI is InChI=1S/C14H21ClN2/c1-11-9-13(7-8-17(11)2)16-10-12-5-3-4-6-14(12)15/h3-6,11,13,16H,7-10H2,1-2H3. The third-order valence-corrected chi connectivity index (χ3v) is 4.12. The Kier molecular flexibility index (Phi) is 4.43. The molecule has 2 atom stereocenters. The van der Waals surface area contributed by atoms with E-state index in [0.29, 0.717) is 12.1 Å². The van der Waals surface area contributed by atoms with Crippen LogP contribution in [-0.4, -0.2) is 30.6 Å². The molecule has 1 aliphatic heterocycles. The maximum Gasteiger partial charge on any atom is 0.0450 e. The van der Waals surface area contributed by atoms with E-state index in [1.54, 1.807) is 0 Å². The van der Waals surface area contributed by atoms with Gasteiger partial charge in [-0.05, 0) is 45.0 Å². The van der Waals surface area contributed by atoms with Crippen LogP contribution in [0.4, 0.5) is 0 Å². The van der Waals surface area contributed by atoms with Gasteiger partial charge >= 0.3 is 0 Å². The molecular weight excluding hydrogens is 232 g/mol. The lowest BCUT2D eigenvalue weighted by molar-refractivity contribution is 0.168. The zero-order valence-electron chi connectivity index (χ0n) is 10.6. The topological polar surface area (TPSA) is 15.3 Å². The van der Waals surface area contributed by atoms with Gasteiger partial charge in [-0.25, -0.2) is 0 Å². The number of benzene rings is 1. The van der Waals surface area contributed by atoms with Crippen molar-refractivity contribution in [1.29, 1.82) is 0 Å². The molecule has 1 aliphatic rings. The van der Waals surface area contributed by atoms with Gasteiger partial charge in [0.1, 0.15) is 0 Å². The number of hydrogen-bond acceptors (Lipinski definition) is 2. The van der Waals surface area contributed by atoms with Gasteiger partial charge in [0, 0.05) is 23.7 Å². The Morgan fingerprint density at radius 1 is 1.41 bits per heavy atom. The van der Waals surface area contributed by atoms with Crippen LogP contribution in [0.2, 0.25) is 5.02 Å². The molecule has 1 fully saturated rings. The lowest BCUT2D eigenvalue weighted by Crippen LogP contribution is -2.45. The minimum Gasteiger partial charge on any atom is -0.310 e. The second-order valence-corrected chi connectivity index (χ2v) is 5.43. The van der Waals surface area contributed by atoms with Gasteiger partial charge in [-0.15, -0.1) is 0 Å². The molecule has 0 radical (unpaired) electrons. The Bertz CT molecular complexity index is 367. The van der Waals surface area contributed by atoms with Crippen LogP contribution < -0.4 is 5.32 Å². The van der Waals surface area contributed by atoms with Crippen molar-refractivity contribution in [1.82, 2.24) is 10.2 Å². The fraction of sp³-hybridized carbons (Fsp3) is 0.571. The molecule has 1 heterocycles. The number of halogens is 1. The molecule has 0 aliphatic carbocycles. The lowest BCUT2D eigenvalue weighted by atomic mass is 9.99. The summed E-state index contributed by atoms with van der Waals surface area (Å²) in [5.74, 6) is 0. The minimum absolute atomic E-state index is 0.623. The number of rotatable bonds is 3. The van der Waals surface area contributed by atoms with E-state index < -0.39 is 0 Å². The summed E-state index contributed by atoms with van der Waals surface area (Å²) in [7, 11) is 2.20. The average molecular weight is 253 g/mol. The van der Waals surface area contributed by atoms with Crippen molar-refractivity contribution in [3.8, 4) is 0 Å². The Hall–Kier alpha value is -0.570. The highest BCUT2D eigenvalue weighted by molar-refractivity contribution is 6.31. The first-order valence-corrected chi connectivity index (χ1v) is 6.71. The van der Waals surface area contributed by atoms with Gasteiger partial charge in [0.05, 0.1) is 0 Å². The highest BCUT2D eigenvalue weighted by Gasteiger charge is 2.22. The van der Waals surface area contributed by atoms with E-state index in [1.807, 2.05) is 18.2 Å². The number of nitrogens with zero attached hydrogens (tertiary/aromatic N) is 1. The third kappa shape index (κ3) is 3.44. The van der Waals surface area contributed by atoms with Gasteiger partial charge in [0.2, 0.25) is 0 Å². The number of nitrogens with one attached hydrogen (secondary N) is 1. The first kappa shape index (κ1) is 12.9. The van der Waals surface area contributed by atoms with Crippen molar-refractivity contribution in [3.05, 3.63) is 34.9 Å². The van der Waals surface area contributed by atoms with E-state index in [1.165, 1.54) is 24.9 Å². The molecule has 0 saturated carbocycles. The number of hydrogen-bond donors (Lipinski definition) is 1. The quantitative estimate of drug-likeness (QED) is 0.890. The van der Waals surface area contributed by atoms with Gasteiger partial charge in [0.15, 0.2) is 0 Å². The van der Waals surface area contributed by atoms with E-state index in [0.717, 1.165) is 11.6 Å². The first-order valence-electron chi connectivity index (χ1n) is 6.34. The summed E-state index contributed by atoms with van der Waals surface area (Å²) in [5, 5.41) is 4.48. The van der Waals surface area contributed by atoms with Crippen LogP contribution in [0.3, 0.4) is 0 Å². The minimum atomic E-state index is 0.623. The number of piperidine rings is 1. The highest BCUT2D eigenvalue weighted by atomic mass is 35.5. The van der Waals surface area contributed by atoms with Gasteiger partial charge in [-0.1, -0.05) is 29.8 Å². The summed E-state index contributed by atoms with van der Waals surface area (Å²) in [6, 6.07) is 9.36. The Morgan fingerprint density at radius 2 is 2.18 bits per heavy atom. The van der Waals surface area contributed by atoms with Crippen LogP contribution in [0.5, 0.6) is 0 Å². The summed E-state index contributed by atoms with van der Waals surface area (Å²) in [5.41, 5.74) is 1.20. The first-order chi connectivity index (χ1) is 8.16. The van der Waals surface area contributed by atoms with E-state index in [4.69, 9.17) is 11.6 Å². The largest absolute Gasteiger partial charge is 0.310 e. The zero-order chi connectivity index (χ0) is 12.3. The molecule has 2 nitrogen and oxygen atoms in total. The molecule has 17 heavy (non-hydrogen) atoms. The van der Waals surface area contributed by atoms with Crippen molar-refractivity contribution < 1.29 is 0 Å². The molecule has 1 saturated heterocycles. The zero-order valence-corrected chi connectivity index (χ0v) is 11.4. The molecular formula is C14H21ClN2. The number of likely N-dealkylation sites (tertiary alicyclic amines) is 1. The van der Waals surface area contributed by atoms with E-state index >= 15 is 0 Å². The van der Waals surface area contributed by atoms with Gasteiger partial charge in [-0.2, -0.15) is 0 Å². The molecule has 94 valence electrons. The molecule has 0 amide bonds. The Morgan fingerprint density at radius 3 is 2.88 bits per heavy atom. The maximum absolute atomic E-state index is 6.15. The summed E-state index contributed by atoms with van der Waals surface area (Å²) in [4.78, 5) is 2.42. The highest BCUT2D eigenvalue weighted by Crippen LogP contribution is 2.18. The van der Waals surface area contributed by atoms with Crippen molar-refractivity contribution in [3.63, 3.8) is 0 Å². The normalized spacial score (nSPS) is 26.1. The molecule has 2 unspecified atom stereocenters. The molecule has 2 rings (SSSR count). The maximum atomic E-state index is 6.15. The van der Waals surface area contributed by atoms with Crippen LogP contribution >= 0.6 is 11.6 Å². The Balaban J connectivity index is 1.85. The van der Waals surface area contributed by atoms with Crippen LogP contribution in [0, 0.1) is 0 Å². The van der Waals surface area contributed by atoms with Crippen LogP contribution in [0.1, 0.15) is 25.3 Å². The van der Waals surface area contributed by atoms with Crippen molar-refractivity contribution in [2.24, 2.45) is 0 Å². The van der Waals surface area contributed by atoms with E-state index in [9.17, 15) is 0 Å². The second-order valence-electron chi connectivity index (χ2n) is 5.02. The molecule has 3 heteroatoms. The average Bonchev–Trinajstić information content (AvgIpc) is 2.32. The predicted molar refractivity (Wildman–Crippen MR) is 73.4 cm³/mol. The van der Waals surface area contributed by atoms with Crippen LogP contribution in [0.15, 0.2) is 24.3 Å². The summed E-state index contributed by atoms with van der Waals surface area (Å²) < 4.78 is 0. The molecule has 1 aromatic carbocycles. The monoisotopic (exact) mass is 252 g/mol. The predicted octanol–water partition coefficient (Wildman–Crippen LogP) is 2.91. The van der Waals surface area contributed by atoms with E-state index in [2.05, 4.69) is 30.3 Å². The fourth-order valence-electron chi connectivity index (χ4n) is 2.37. The fourth-order valence-corrected chi connectivity index (χ4v) is 2.57. The van der Waals surface area contributed by atoms with Gasteiger partial charge in [-0.3, -0.25) is 0 Å². The summed E-state index contributed by atoms with van der Waals surface area (Å²) in [6.45, 7) is 4.35. The smallest absolute Gasteiger partial charge is 0.0450 e. The van der Waals surface area contributed by atoms with Crippen molar-refractivity contribution in [2.45, 2.75) is 38.4 Å². The van der Waals surface area contributed by atoms with Crippen molar-refractivity contribution in [2.75, 3.05) is 13.6 Å². The molecule has 0 spiro atoms. The van der Waals surface area contributed by atoms with E-state index in [-0.39, 0.29) is 0 Å². The summed E-state index contributed by atoms with van der Waals surface area (Å²) in [6.07, 6.45) is 2.45. The molecule has 0 aromatic heterocycles. The van der Waals surface area contributed by atoms with Gasteiger partial charge < -0.3 is 10.2 Å². The second kappa shape index (κ2) is 5.85. The molecule has 1 aromatic rings.